The summed E-state index contributed by atoms with van der Waals surface area (Å²) in [5.41, 5.74) is 0. The highest BCUT2D eigenvalue weighted by Gasteiger charge is 2.12. The van der Waals surface area contributed by atoms with E-state index in [9.17, 15) is 4.79 Å². The Hall–Kier alpha value is -0.530. The van der Waals surface area contributed by atoms with Crippen LogP contribution >= 0.6 is 0 Å². The topological polar surface area (TPSA) is 20.3 Å². The zero-order valence-electron chi connectivity index (χ0n) is 16.5. The minimum absolute atomic E-state index is 0.429. The Morgan fingerprint density at radius 2 is 1.04 bits per heavy atom. The van der Waals surface area contributed by atoms with E-state index < -0.39 is 0 Å². The molecule has 0 bridgehead atoms. The van der Waals surface area contributed by atoms with Gasteiger partial charge in [0.1, 0.15) is 0 Å². The molecule has 0 aliphatic carbocycles. The van der Waals surface area contributed by atoms with Crippen molar-refractivity contribution in [2.24, 2.45) is 0 Å². The van der Waals surface area contributed by atoms with Gasteiger partial charge in [0.15, 0.2) is 0 Å². The fourth-order valence-electron chi connectivity index (χ4n) is 3.77. The van der Waals surface area contributed by atoms with Crippen LogP contribution in [0.5, 0.6) is 0 Å². The summed E-state index contributed by atoms with van der Waals surface area (Å²) in [6.07, 6.45) is 23.2. The summed E-state index contributed by atoms with van der Waals surface area (Å²) >= 11 is 0. The van der Waals surface area contributed by atoms with Gasteiger partial charge in [-0.15, -0.1) is 0 Å². The van der Waals surface area contributed by atoms with Crippen molar-refractivity contribution < 1.29 is 4.79 Å². The molecule has 1 amide bonds. The number of amides is 1. The first-order valence-electron chi connectivity index (χ1n) is 11.1. The number of nitrogens with zero attached hydrogens (tertiary/aromatic N) is 1. The van der Waals surface area contributed by atoms with Crippen LogP contribution in [0.1, 0.15) is 122 Å². The predicted octanol–water partition coefficient (Wildman–Crippen LogP) is 6.87. The highest BCUT2D eigenvalue weighted by Crippen LogP contribution is 2.15. The van der Waals surface area contributed by atoms with Crippen molar-refractivity contribution in [3.8, 4) is 0 Å². The van der Waals surface area contributed by atoms with Gasteiger partial charge < -0.3 is 4.90 Å². The Morgan fingerprint density at radius 3 is 1.54 bits per heavy atom. The van der Waals surface area contributed by atoms with Crippen molar-refractivity contribution in [2.75, 3.05) is 13.1 Å². The second-order valence-electron chi connectivity index (χ2n) is 7.79. The first kappa shape index (κ1) is 21.5. The largest absolute Gasteiger partial charge is 0.343 e. The molecule has 0 aromatic carbocycles. The van der Waals surface area contributed by atoms with E-state index >= 15 is 0 Å². The first-order valence-corrected chi connectivity index (χ1v) is 11.1. The maximum absolute atomic E-state index is 12.5. The SMILES string of the molecule is CCCCCCCCCC(=O)N1CCCCCCCCCCCC1. The van der Waals surface area contributed by atoms with Gasteiger partial charge in [-0.3, -0.25) is 4.79 Å². The maximum atomic E-state index is 12.5. The zero-order valence-corrected chi connectivity index (χ0v) is 16.5. The quantitative estimate of drug-likeness (QED) is 0.442. The summed E-state index contributed by atoms with van der Waals surface area (Å²) in [5, 5.41) is 0. The molecule has 0 aromatic heterocycles. The lowest BCUT2D eigenvalue weighted by Gasteiger charge is -2.23. The van der Waals surface area contributed by atoms with Crippen molar-refractivity contribution in [1.29, 1.82) is 0 Å². The van der Waals surface area contributed by atoms with Gasteiger partial charge in [0.05, 0.1) is 0 Å². The molecule has 1 aliphatic rings. The fourth-order valence-corrected chi connectivity index (χ4v) is 3.77. The van der Waals surface area contributed by atoms with Crippen molar-refractivity contribution in [3.05, 3.63) is 0 Å². The van der Waals surface area contributed by atoms with Crippen molar-refractivity contribution >= 4 is 5.91 Å². The molecule has 1 fully saturated rings. The normalized spacial score (nSPS) is 18.5. The number of hydrogen-bond donors (Lipinski definition) is 0. The Balaban J connectivity index is 2.19. The standard InChI is InChI=1S/C22H43NO/c1-2-3-4-5-10-13-16-19-22(24)23-20-17-14-11-8-6-7-9-12-15-18-21-23/h2-21H2,1H3. The summed E-state index contributed by atoms with van der Waals surface area (Å²) in [6.45, 7) is 4.28. The van der Waals surface area contributed by atoms with Gasteiger partial charge in [0.25, 0.3) is 0 Å². The van der Waals surface area contributed by atoms with Crippen LogP contribution < -0.4 is 0 Å². The van der Waals surface area contributed by atoms with Crippen LogP contribution in [0.3, 0.4) is 0 Å². The number of rotatable bonds is 8. The van der Waals surface area contributed by atoms with Gasteiger partial charge in [-0.05, 0) is 19.3 Å². The molecule has 2 nitrogen and oxygen atoms in total. The monoisotopic (exact) mass is 337 g/mol. The molecule has 0 aromatic rings. The molecule has 1 saturated heterocycles. The Labute approximate surface area is 151 Å². The molecule has 0 radical (unpaired) electrons. The molecule has 1 rings (SSSR count). The molecule has 1 heterocycles. The fraction of sp³-hybridized carbons (Fsp3) is 0.955. The van der Waals surface area contributed by atoms with Gasteiger partial charge in [0, 0.05) is 19.5 Å². The lowest BCUT2D eigenvalue weighted by atomic mass is 10.1. The maximum Gasteiger partial charge on any atom is 0.222 e. The van der Waals surface area contributed by atoms with E-state index in [4.69, 9.17) is 0 Å². The number of carbonyl (C=O) groups excluding carboxylic acids is 1. The average Bonchev–Trinajstić information content (AvgIpc) is 2.62. The second-order valence-corrected chi connectivity index (χ2v) is 7.79. The summed E-state index contributed by atoms with van der Waals surface area (Å²) in [6, 6.07) is 0. The summed E-state index contributed by atoms with van der Waals surface area (Å²) in [7, 11) is 0. The molecule has 2 heteroatoms. The van der Waals surface area contributed by atoms with E-state index in [1.165, 1.54) is 103 Å². The minimum Gasteiger partial charge on any atom is -0.343 e. The Kier molecular flexibility index (Phi) is 14.3. The Morgan fingerprint density at radius 1 is 0.625 bits per heavy atom. The molecule has 1 aliphatic heterocycles. The van der Waals surface area contributed by atoms with Crippen molar-refractivity contribution in [3.63, 3.8) is 0 Å². The highest BCUT2D eigenvalue weighted by molar-refractivity contribution is 5.76. The van der Waals surface area contributed by atoms with Crippen LogP contribution in [0.15, 0.2) is 0 Å². The van der Waals surface area contributed by atoms with Crippen LogP contribution in [0.2, 0.25) is 0 Å². The number of carbonyl (C=O) groups is 1. The van der Waals surface area contributed by atoms with E-state index in [1.807, 2.05) is 0 Å². The van der Waals surface area contributed by atoms with Crippen LogP contribution in [-0.4, -0.2) is 23.9 Å². The molecule has 0 atom stereocenters. The van der Waals surface area contributed by atoms with Crippen LogP contribution in [-0.2, 0) is 4.79 Å². The van der Waals surface area contributed by atoms with Crippen molar-refractivity contribution in [1.82, 2.24) is 4.90 Å². The number of hydrogen-bond acceptors (Lipinski definition) is 1. The van der Waals surface area contributed by atoms with Gasteiger partial charge >= 0.3 is 0 Å². The smallest absolute Gasteiger partial charge is 0.222 e. The Bertz CT molecular complexity index is 276. The van der Waals surface area contributed by atoms with E-state index in [2.05, 4.69) is 11.8 Å². The van der Waals surface area contributed by atoms with Crippen LogP contribution in [0, 0.1) is 0 Å². The first-order chi connectivity index (χ1) is 11.8. The van der Waals surface area contributed by atoms with Gasteiger partial charge in [-0.1, -0.05) is 96.8 Å². The lowest BCUT2D eigenvalue weighted by Crippen LogP contribution is -2.32. The molecular formula is C22H43NO. The van der Waals surface area contributed by atoms with Gasteiger partial charge in [-0.25, -0.2) is 0 Å². The third kappa shape index (κ3) is 11.9. The molecule has 142 valence electrons. The predicted molar refractivity (Wildman–Crippen MR) is 105 cm³/mol. The third-order valence-electron chi connectivity index (χ3n) is 5.45. The van der Waals surface area contributed by atoms with Gasteiger partial charge in [-0.2, -0.15) is 0 Å². The van der Waals surface area contributed by atoms with Crippen LogP contribution in [0.4, 0.5) is 0 Å². The van der Waals surface area contributed by atoms with E-state index in [1.54, 1.807) is 0 Å². The number of unbranched alkanes of at least 4 members (excludes halogenated alkanes) is 6. The summed E-state index contributed by atoms with van der Waals surface area (Å²) in [5.74, 6) is 0.429. The molecular weight excluding hydrogens is 294 g/mol. The van der Waals surface area contributed by atoms with E-state index in [0.29, 0.717) is 5.91 Å². The zero-order chi connectivity index (χ0) is 17.3. The molecule has 0 saturated carbocycles. The lowest BCUT2D eigenvalue weighted by molar-refractivity contribution is -0.131. The molecule has 0 unspecified atom stereocenters. The van der Waals surface area contributed by atoms with Crippen LogP contribution in [0.25, 0.3) is 0 Å². The third-order valence-corrected chi connectivity index (χ3v) is 5.45. The molecule has 24 heavy (non-hydrogen) atoms. The summed E-state index contributed by atoms with van der Waals surface area (Å²) < 4.78 is 0. The molecule has 0 spiro atoms. The second kappa shape index (κ2) is 16.0. The average molecular weight is 338 g/mol. The highest BCUT2D eigenvalue weighted by atomic mass is 16.2. The van der Waals surface area contributed by atoms with Gasteiger partial charge in [0.2, 0.25) is 5.91 Å². The minimum atomic E-state index is 0.429. The van der Waals surface area contributed by atoms with E-state index in [-0.39, 0.29) is 0 Å². The molecule has 0 N–H and O–H groups in total. The van der Waals surface area contributed by atoms with Crippen molar-refractivity contribution in [2.45, 2.75) is 122 Å². The summed E-state index contributed by atoms with van der Waals surface area (Å²) in [4.78, 5) is 14.7. The van der Waals surface area contributed by atoms with E-state index in [0.717, 1.165) is 25.9 Å².